The van der Waals surface area contributed by atoms with Crippen molar-refractivity contribution in [1.29, 1.82) is 0 Å². The van der Waals surface area contributed by atoms with Crippen LogP contribution >= 0.6 is 0 Å². The summed E-state index contributed by atoms with van der Waals surface area (Å²) in [7, 11) is 0. The summed E-state index contributed by atoms with van der Waals surface area (Å²) in [5, 5.41) is 10.0. The third-order valence-corrected chi connectivity index (χ3v) is 4.18. The van der Waals surface area contributed by atoms with Crippen molar-refractivity contribution in [3.63, 3.8) is 0 Å². The Labute approximate surface area is 114 Å². The summed E-state index contributed by atoms with van der Waals surface area (Å²) < 4.78 is 0. The number of carbonyl (C=O) groups excluding carboxylic acids is 1. The summed E-state index contributed by atoms with van der Waals surface area (Å²) in [5.41, 5.74) is 6.57. The fourth-order valence-corrected chi connectivity index (χ4v) is 2.50. The maximum absolute atomic E-state index is 12.4. The van der Waals surface area contributed by atoms with E-state index in [1.54, 1.807) is 0 Å². The summed E-state index contributed by atoms with van der Waals surface area (Å²) in [5.74, 6) is 0.555. The van der Waals surface area contributed by atoms with Crippen LogP contribution in [0.15, 0.2) is 6.07 Å². The molecule has 4 N–H and O–H groups in total. The lowest BCUT2D eigenvalue weighted by Gasteiger charge is -2.26. The molecule has 0 aliphatic heterocycles. The SMILES string of the molecule is CC(C)(C)c1cc(NC(=O)C2(C)CCCC2N)n[nH]1. The molecule has 5 heteroatoms. The van der Waals surface area contributed by atoms with E-state index in [-0.39, 0.29) is 17.4 Å². The van der Waals surface area contributed by atoms with Crippen molar-refractivity contribution in [3.05, 3.63) is 11.8 Å². The molecular weight excluding hydrogens is 240 g/mol. The number of aromatic nitrogens is 2. The van der Waals surface area contributed by atoms with Crippen LogP contribution in [-0.4, -0.2) is 22.1 Å². The Balaban J connectivity index is 2.09. The molecule has 0 radical (unpaired) electrons. The van der Waals surface area contributed by atoms with Crippen LogP contribution in [0.4, 0.5) is 5.82 Å². The molecule has 0 saturated heterocycles. The number of nitrogens with zero attached hydrogens (tertiary/aromatic N) is 1. The number of H-pyrrole nitrogens is 1. The molecule has 0 bridgehead atoms. The Morgan fingerprint density at radius 1 is 1.58 bits per heavy atom. The topological polar surface area (TPSA) is 83.8 Å². The second-order valence-electron chi connectivity index (χ2n) is 6.79. The van der Waals surface area contributed by atoms with Crippen molar-refractivity contribution < 1.29 is 4.79 Å². The van der Waals surface area contributed by atoms with Gasteiger partial charge >= 0.3 is 0 Å². The lowest BCUT2D eigenvalue weighted by atomic mass is 9.84. The first kappa shape index (κ1) is 14.1. The third-order valence-electron chi connectivity index (χ3n) is 4.18. The maximum Gasteiger partial charge on any atom is 0.233 e. The number of anilines is 1. The summed E-state index contributed by atoms with van der Waals surface area (Å²) in [6.07, 6.45) is 2.77. The molecule has 0 spiro atoms. The molecule has 2 unspecified atom stereocenters. The van der Waals surface area contributed by atoms with Crippen LogP contribution in [-0.2, 0) is 10.2 Å². The molecule has 106 valence electrons. The van der Waals surface area contributed by atoms with Gasteiger partial charge in [-0.1, -0.05) is 27.2 Å². The highest BCUT2D eigenvalue weighted by molar-refractivity contribution is 5.95. The third kappa shape index (κ3) is 2.66. The van der Waals surface area contributed by atoms with Crippen LogP contribution in [0.5, 0.6) is 0 Å². The summed E-state index contributed by atoms with van der Waals surface area (Å²) >= 11 is 0. The van der Waals surface area contributed by atoms with E-state index in [1.165, 1.54) is 0 Å². The molecule has 1 aromatic rings. The zero-order valence-electron chi connectivity index (χ0n) is 12.2. The number of hydrogen-bond acceptors (Lipinski definition) is 3. The zero-order valence-corrected chi connectivity index (χ0v) is 12.2. The maximum atomic E-state index is 12.4. The van der Waals surface area contributed by atoms with Gasteiger partial charge in [-0.25, -0.2) is 0 Å². The fourth-order valence-electron chi connectivity index (χ4n) is 2.50. The van der Waals surface area contributed by atoms with Crippen LogP contribution in [0.2, 0.25) is 0 Å². The smallest absolute Gasteiger partial charge is 0.233 e. The number of nitrogens with two attached hydrogens (primary N) is 1. The van der Waals surface area contributed by atoms with E-state index in [2.05, 4.69) is 36.3 Å². The van der Waals surface area contributed by atoms with Crippen LogP contribution in [0.1, 0.15) is 52.7 Å². The number of amides is 1. The number of nitrogens with one attached hydrogen (secondary N) is 2. The highest BCUT2D eigenvalue weighted by atomic mass is 16.2. The van der Waals surface area contributed by atoms with E-state index in [0.29, 0.717) is 5.82 Å². The van der Waals surface area contributed by atoms with Crippen LogP contribution in [0.3, 0.4) is 0 Å². The van der Waals surface area contributed by atoms with Gasteiger partial charge in [0.05, 0.1) is 5.41 Å². The summed E-state index contributed by atoms with van der Waals surface area (Å²) in [4.78, 5) is 12.4. The van der Waals surface area contributed by atoms with Gasteiger partial charge in [-0.15, -0.1) is 0 Å². The molecule has 1 aromatic heterocycles. The molecule has 2 atom stereocenters. The van der Waals surface area contributed by atoms with Gasteiger partial charge in [0.25, 0.3) is 0 Å². The molecular formula is C14H24N4O. The van der Waals surface area contributed by atoms with Gasteiger partial charge in [0.1, 0.15) is 0 Å². The van der Waals surface area contributed by atoms with Gasteiger partial charge in [0.2, 0.25) is 5.91 Å². The highest BCUT2D eigenvalue weighted by Gasteiger charge is 2.43. The monoisotopic (exact) mass is 264 g/mol. The zero-order chi connectivity index (χ0) is 14.3. The minimum Gasteiger partial charge on any atom is -0.327 e. The van der Waals surface area contributed by atoms with Crippen LogP contribution in [0, 0.1) is 5.41 Å². The Bertz CT molecular complexity index is 474. The number of hydrogen-bond donors (Lipinski definition) is 3. The average Bonchev–Trinajstić information content (AvgIpc) is 2.87. The van der Waals surface area contributed by atoms with E-state index in [4.69, 9.17) is 5.73 Å². The second-order valence-corrected chi connectivity index (χ2v) is 6.79. The van der Waals surface area contributed by atoms with Crippen molar-refractivity contribution >= 4 is 11.7 Å². The van der Waals surface area contributed by atoms with Gasteiger partial charge in [0, 0.05) is 23.2 Å². The molecule has 2 rings (SSSR count). The summed E-state index contributed by atoms with van der Waals surface area (Å²) in [6.45, 7) is 8.23. The van der Waals surface area contributed by atoms with Gasteiger partial charge in [-0.3, -0.25) is 9.89 Å². The molecule has 5 nitrogen and oxygen atoms in total. The molecule has 1 aliphatic rings. The van der Waals surface area contributed by atoms with Gasteiger partial charge in [0.15, 0.2) is 5.82 Å². The molecule has 1 heterocycles. The quantitative estimate of drug-likeness (QED) is 0.765. The second kappa shape index (κ2) is 4.63. The number of aromatic amines is 1. The largest absolute Gasteiger partial charge is 0.327 e. The van der Waals surface area contributed by atoms with Crippen molar-refractivity contribution in [1.82, 2.24) is 10.2 Å². The standard InChI is InChI=1S/C14H24N4O/c1-13(2,3)10-8-11(18-17-10)16-12(19)14(4)7-5-6-9(14)15/h8-9H,5-7,15H2,1-4H3,(H2,16,17,18,19). The van der Waals surface area contributed by atoms with Crippen molar-refractivity contribution in [2.75, 3.05) is 5.32 Å². The van der Waals surface area contributed by atoms with Crippen molar-refractivity contribution in [2.45, 2.75) is 58.4 Å². The summed E-state index contributed by atoms with van der Waals surface area (Å²) in [6, 6.07) is 1.83. The molecule has 1 saturated carbocycles. The van der Waals surface area contributed by atoms with Crippen LogP contribution < -0.4 is 11.1 Å². The molecule has 1 fully saturated rings. The van der Waals surface area contributed by atoms with Gasteiger partial charge in [-0.2, -0.15) is 5.10 Å². The van der Waals surface area contributed by atoms with Gasteiger partial charge in [-0.05, 0) is 19.8 Å². The molecule has 1 aliphatic carbocycles. The van der Waals surface area contributed by atoms with Crippen LogP contribution in [0.25, 0.3) is 0 Å². The molecule has 19 heavy (non-hydrogen) atoms. The minimum absolute atomic E-state index is 0.0103. The Kier molecular flexibility index (Phi) is 3.43. The van der Waals surface area contributed by atoms with Crippen molar-refractivity contribution in [2.24, 2.45) is 11.1 Å². The Morgan fingerprint density at radius 3 is 2.74 bits per heavy atom. The lowest BCUT2D eigenvalue weighted by Crippen LogP contribution is -2.44. The first-order chi connectivity index (χ1) is 8.73. The van der Waals surface area contributed by atoms with E-state index in [1.807, 2.05) is 13.0 Å². The van der Waals surface area contributed by atoms with E-state index in [9.17, 15) is 4.79 Å². The Hall–Kier alpha value is -1.36. The molecule has 1 amide bonds. The Morgan fingerprint density at radius 2 is 2.26 bits per heavy atom. The lowest BCUT2D eigenvalue weighted by molar-refractivity contribution is -0.125. The highest BCUT2D eigenvalue weighted by Crippen LogP contribution is 2.37. The van der Waals surface area contributed by atoms with Crippen molar-refractivity contribution in [3.8, 4) is 0 Å². The molecule has 0 aromatic carbocycles. The predicted molar refractivity (Wildman–Crippen MR) is 75.9 cm³/mol. The normalized spacial score (nSPS) is 27.5. The first-order valence-corrected chi connectivity index (χ1v) is 6.86. The minimum atomic E-state index is -0.471. The fraction of sp³-hybridized carbons (Fsp3) is 0.714. The first-order valence-electron chi connectivity index (χ1n) is 6.86. The van der Waals surface area contributed by atoms with E-state index < -0.39 is 5.41 Å². The average molecular weight is 264 g/mol. The van der Waals surface area contributed by atoms with E-state index >= 15 is 0 Å². The predicted octanol–water partition coefficient (Wildman–Crippen LogP) is 2.16. The van der Waals surface area contributed by atoms with E-state index in [0.717, 1.165) is 25.0 Å². The van der Waals surface area contributed by atoms with Gasteiger partial charge < -0.3 is 11.1 Å². The number of carbonyl (C=O) groups is 1. The number of rotatable bonds is 2.